The summed E-state index contributed by atoms with van der Waals surface area (Å²) in [6.45, 7) is 2.16. The molecule has 0 spiro atoms. The molecule has 0 saturated carbocycles. The SMILES string of the molecule is C1=C(N2CCCC2)O[N+]=N1. The van der Waals surface area contributed by atoms with E-state index in [2.05, 4.69) is 15.3 Å². The van der Waals surface area contributed by atoms with Gasteiger partial charge in [0.25, 0.3) is 0 Å². The van der Waals surface area contributed by atoms with E-state index in [1.807, 2.05) is 0 Å². The Morgan fingerprint density at radius 2 is 2.30 bits per heavy atom. The number of likely N-dealkylation sites (tertiary alicyclic amines) is 1. The molecule has 4 heteroatoms. The van der Waals surface area contributed by atoms with E-state index < -0.39 is 0 Å². The van der Waals surface area contributed by atoms with Crippen LogP contribution in [-0.4, -0.2) is 18.0 Å². The maximum Gasteiger partial charge on any atom is 0.469 e. The van der Waals surface area contributed by atoms with Crippen LogP contribution in [0.15, 0.2) is 17.2 Å². The Morgan fingerprint density at radius 1 is 1.50 bits per heavy atom. The van der Waals surface area contributed by atoms with Crippen LogP contribution in [0, 0.1) is 0 Å². The molecule has 1 radical (unpaired) electrons. The summed E-state index contributed by atoms with van der Waals surface area (Å²) >= 11 is 0. The van der Waals surface area contributed by atoms with Crippen molar-refractivity contribution >= 4 is 0 Å². The van der Waals surface area contributed by atoms with Crippen molar-refractivity contribution in [2.45, 2.75) is 12.8 Å². The number of hydrogen-bond donors (Lipinski definition) is 0. The molecule has 1 saturated heterocycles. The summed E-state index contributed by atoms with van der Waals surface area (Å²) in [6.07, 6.45) is 4.16. The van der Waals surface area contributed by atoms with E-state index in [9.17, 15) is 0 Å². The number of rotatable bonds is 1. The summed E-state index contributed by atoms with van der Waals surface area (Å²) in [7, 11) is 0. The van der Waals surface area contributed by atoms with E-state index in [4.69, 9.17) is 4.84 Å². The summed E-state index contributed by atoms with van der Waals surface area (Å²) in [6, 6.07) is 0. The molecule has 2 aliphatic heterocycles. The van der Waals surface area contributed by atoms with Crippen molar-refractivity contribution < 1.29 is 4.84 Å². The van der Waals surface area contributed by atoms with Gasteiger partial charge in [0.05, 0.1) is 0 Å². The van der Waals surface area contributed by atoms with Gasteiger partial charge in [-0.1, -0.05) is 0 Å². The Hall–Kier alpha value is -1.06. The molecular weight excluding hydrogens is 130 g/mol. The maximum atomic E-state index is 4.88. The van der Waals surface area contributed by atoms with E-state index in [1.54, 1.807) is 6.20 Å². The third-order valence-corrected chi connectivity index (χ3v) is 1.77. The molecule has 0 amide bonds. The van der Waals surface area contributed by atoms with Crippen molar-refractivity contribution in [3.8, 4) is 0 Å². The largest absolute Gasteiger partial charge is 0.469 e. The first kappa shape index (κ1) is 5.70. The fourth-order valence-electron chi connectivity index (χ4n) is 1.24. The third-order valence-electron chi connectivity index (χ3n) is 1.77. The predicted octanol–water partition coefficient (Wildman–Crippen LogP) is 0.614. The Kier molecular flexibility index (Phi) is 1.30. The standard InChI is InChI=1S/C6H9N3O/c1-2-4-9(3-1)6-5-7-8-10-6/h5H,1-4H2/q+1. The lowest BCUT2D eigenvalue weighted by molar-refractivity contribution is 0.0962. The molecule has 0 N–H and O–H groups in total. The lowest BCUT2D eigenvalue weighted by atomic mass is 10.4. The lowest BCUT2D eigenvalue weighted by Crippen LogP contribution is -2.18. The average molecular weight is 139 g/mol. The van der Waals surface area contributed by atoms with Crippen LogP contribution in [0.3, 0.4) is 0 Å². The summed E-state index contributed by atoms with van der Waals surface area (Å²) in [5.74, 6) is 0.803. The van der Waals surface area contributed by atoms with Crippen molar-refractivity contribution in [1.29, 1.82) is 0 Å². The molecule has 53 valence electrons. The minimum Gasteiger partial charge on any atom is -0.335 e. The molecule has 10 heavy (non-hydrogen) atoms. The van der Waals surface area contributed by atoms with Crippen LogP contribution in [0.2, 0.25) is 0 Å². The van der Waals surface area contributed by atoms with E-state index in [0.717, 1.165) is 19.0 Å². The van der Waals surface area contributed by atoms with E-state index >= 15 is 0 Å². The topological polar surface area (TPSA) is 38.9 Å². The zero-order valence-electron chi connectivity index (χ0n) is 5.66. The monoisotopic (exact) mass is 139 g/mol. The highest BCUT2D eigenvalue weighted by Crippen LogP contribution is 2.16. The highest BCUT2D eigenvalue weighted by Gasteiger charge is 2.24. The molecule has 2 aliphatic rings. The van der Waals surface area contributed by atoms with E-state index in [-0.39, 0.29) is 0 Å². The van der Waals surface area contributed by atoms with Gasteiger partial charge in [0, 0.05) is 13.1 Å². The van der Waals surface area contributed by atoms with E-state index in [1.165, 1.54) is 12.8 Å². The molecule has 0 aliphatic carbocycles. The zero-order valence-corrected chi connectivity index (χ0v) is 5.66. The van der Waals surface area contributed by atoms with Crippen LogP contribution in [-0.2, 0) is 4.84 Å². The smallest absolute Gasteiger partial charge is 0.335 e. The van der Waals surface area contributed by atoms with Crippen LogP contribution >= 0.6 is 0 Å². The van der Waals surface area contributed by atoms with Crippen molar-refractivity contribution in [2.75, 3.05) is 13.1 Å². The van der Waals surface area contributed by atoms with Gasteiger partial charge >= 0.3 is 11.2 Å². The maximum absolute atomic E-state index is 4.88. The van der Waals surface area contributed by atoms with Crippen molar-refractivity contribution in [3.63, 3.8) is 0 Å². The predicted molar refractivity (Wildman–Crippen MR) is 34.5 cm³/mol. The molecule has 0 bridgehead atoms. The molecule has 0 unspecified atom stereocenters. The summed E-state index contributed by atoms with van der Waals surface area (Å²) < 4.78 is 0. The second-order valence-electron chi connectivity index (χ2n) is 2.45. The van der Waals surface area contributed by atoms with Crippen LogP contribution in [0.25, 0.3) is 0 Å². The highest BCUT2D eigenvalue weighted by molar-refractivity contribution is 4.94. The van der Waals surface area contributed by atoms with Gasteiger partial charge in [-0.15, -0.1) is 4.84 Å². The molecule has 0 aromatic rings. The van der Waals surface area contributed by atoms with Gasteiger partial charge in [-0.25, -0.2) is 0 Å². The van der Waals surface area contributed by atoms with Gasteiger partial charge in [-0.3, -0.25) is 0 Å². The Morgan fingerprint density at radius 3 is 2.90 bits per heavy atom. The molecule has 0 aromatic carbocycles. The van der Waals surface area contributed by atoms with Gasteiger partial charge in [0.15, 0.2) is 6.20 Å². The number of nitrogens with zero attached hydrogens (tertiary/aromatic N) is 3. The second kappa shape index (κ2) is 2.28. The van der Waals surface area contributed by atoms with Gasteiger partial charge in [-0.2, -0.15) is 0 Å². The van der Waals surface area contributed by atoms with Gasteiger partial charge in [0.1, 0.15) is 5.11 Å². The Balaban J connectivity index is 1.99. The second-order valence-corrected chi connectivity index (χ2v) is 2.45. The average Bonchev–Trinajstić information content (AvgIpc) is 2.59. The van der Waals surface area contributed by atoms with Crippen molar-refractivity contribution in [2.24, 2.45) is 5.11 Å². The van der Waals surface area contributed by atoms with E-state index in [0.29, 0.717) is 0 Å². The van der Waals surface area contributed by atoms with Crippen molar-refractivity contribution in [3.05, 3.63) is 12.1 Å². The molecule has 0 aromatic heterocycles. The molecule has 4 nitrogen and oxygen atoms in total. The molecule has 0 atom stereocenters. The lowest BCUT2D eigenvalue weighted by Gasteiger charge is -2.10. The number of hydrogen-bond acceptors (Lipinski definition) is 4. The molecule has 2 rings (SSSR count). The van der Waals surface area contributed by atoms with Crippen LogP contribution in [0.4, 0.5) is 0 Å². The van der Waals surface area contributed by atoms with Gasteiger partial charge in [-0.05, 0) is 12.8 Å². The Labute approximate surface area is 59.1 Å². The zero-order chi connectivity index (χ0) is 6.81. The van der Waals surface area contributed by atoms with Crippen LogP contribution < -0.4 is 5.28 Å². The fourth-order valence-corrected chi connectivity index (χ4v) is 1.24. The Bertz CT molecular complexity index is 181. The third kappa shape index (κ3) is 0.853. The van der Waals surface area contributed by atoms with Crippen LogP contribution in [0.1, 0.15) is 12.8 Å². The first-order valence-electron chi connectivity index (χ1n) is 3.49. The quantitative estimate of drug-likeness (QED) is 0.534. The summed E-state index contributed by atoms with van der Waals surface area (Å²) in [5.41, 5.74) is 0. The molecule has 1 fully saturated rings. The molecular formula is C6H9N3O+. The van der Waals surface area contributed by atoms with Crippen molar-refractivity contribution in [1.82, 2.24) is 10.2 Å². The molecule has 2 heterocycles. The van der Waals surface area contributed by atoms with Gasteiger partial charge < -0.3 is 4.90 Å². The highest BCUT2D eigenvalue weighted by atomic mass is 16.7. The van der Waals surface area contributed by atoms with Crippen LogP contribution in [0.5, 0.6) is 0 Å². The minimum absolute atomic E-state index is 0.803. The summed E-state index contributed by atoms with van der Waals surface area (Å²) in [5, 5.41) is 7.01. The summed E-state index contributed by atoms with van der Waals surface area (Å²) in [4.78, 5) is 7.04. The normalized spacial score (nSPS) is 23.2. The van der Waals surface area contributed by atoms with Gasteiger partial charge in [0.2, 0.25) is 0 Å². The fraction of sp³-hybridized carbons (Fsp3) is 0.667. The minimum atomic E-state index is 0.803. The first-order chi connectivity index (χ1) is 4.97. The first-order valence-corrected chi connectivity index (χ1v) is 3.49.